The Labute approximate surface area is 150 Å². The van der Waals surface area contributed by atoms with Gasteiger partial charge in [0.25, 0.3) is 5.91 Å². The third kappa shape index (κ3) is 4.19. The van der Waals surface area contributed by atoms with E-state index in [9.17, 15) is 4.79 Å². The van der Waals surface area contributed by atoms with Crippen LogP contribution in [-0.2, 0) is 0 Å². The fraction of sp³-hybridized carbons (Fsp3) is 0.0625. The zero-order valence-electron chi connectivity index (χ0n) is 12.1. The summed E-state index contributed by atoms with van der Waals surface area (Å²) < 4.78 is 4.84. The maximum absolute atomic E-state index is 12.1. The van der Waals surface area contributed by atoms with Gasteiger partial charge in [0.05, 0.1) is 5.69 Å². The monoisotopic (exact) mass is 405 g/mol. The number of amides is 1. The average molecular weight is 406 g/mol. The van der Waals surface area contributed by atoms with Crippen LogP contribution in [-0.4, -0.2) is 15.5 Å². The Balaban J connectivity index is 1.66. The number of rotatable bonds is 4. The molecule has 0 aliphatic heterocycles. The highest BCUT2D eigenvalue weighted by Crippen LogP contribution is 2.29. The molecular weight excluding hydrogens is 394 g/mol. The first-order valence-corrected chi connectivity index (χ1v) is 9.14. The molecule has 1 amide bonds. The number of hydrogen-bond acceptors (Lipinski definition) is 5. The van der Waals surface area contributed by atoms with Gasteiger partial charge in [-0.25, -0.2) is 0 Å². The highest BCUT2D eigenvalue weighted by atomic mass is 79.9. The van der Waals surface area contributed by atoms with Crippen molar-refractivity contribution in [1.29, 1.82) is 0 Å². The van der Waals surface area contributed by atoms with Crippen molar-refractivity contribution in [3.63, 3.8) is 0 Å². The lowest BCUT2D eigenvalue weighted by atomic mass is 10.3. The first kappa shape index (κ1) is 16.2. The van der Waals surface area contributed by atoms with Gasteiger partial charge in [-0.2, -0.15) is 0 Å². The Morgan fingerprint density at radius 2 is 1.70 bits per heavy atom. The number of halogens is 1. The lowest BCUT2D eigenvalue weighted by Crippen LogP contribution is -2.11. The number of aryl methyl sites for hydroxylation is 1. The number of nitrogens with one attached hydrogen (secondary N) is 1. The second kappa shape index (κ2) is 7.25. The largest absolute Gasteiger partial charge is 0.321 e. The minimum atomic E-state index is -0.175. The van der Waals surface area contributed by atoms with E-state index in [0.717, 1.165) is 31.5 Å². The van der Waals surface area contributed by atoms with E-state index in [2.05, 4.69) is 43.0 Å². The van der Waals surface area contributed by atoms with E-state index in [-0.39, 0.29) is 5.91 Å². The van der Waals surface area contributed by atoms with Crippen LogP contribution in [0.15, 0.2) is 62.8 Å². The van der Waals surface area contributed by atoms with Crippen LogP contribution in [0.25, 0.3) is 0 Å². The van der Waals surface area contributed by atoms with Gasteiger partial charge >= 0.3 is 0 Å². The van der Waals surface area contributed by atoms with Gasteiger partial charge in [-0.15, -0.1) is 5.10 Å². The van der Waals surface area contributed by atoms with Crippen molar-refractivity contribution in [2.45, 2.75) is 16.7 Å². The Morgan fingerprint density at radius 1 is 1.09 bits per heavy atom. The molecule has 1 heterocycles. The summed E-state index contributed by atoms with van der Waals surface area (Å²) in [7, 11) is 0. The molecule has 0 saturated heterocycles. The van der Waals surface area contributed by atoms with Gasteiger partial charge in [-0.05, 0) is 67.0 Å². The lowest BCUT2D eigenvalue weighted by Gasteiger charge is -2.06. The second-order valence-electron chi connectivity index (χ2n) is 4.72. The van der Waals surface area contributed by atoms with Crippen LogP contribution in [0, 0.1) is 6.92 Å². The third-order valence-electron chi connectivity index (χ3n) is 3.02. The number of nitrogens with zero attached hydrogens (tertiary/aromatic N) is 2. The van der Waals surface area contributed by atoms with Crippen molar-refractivity contribution < 1.29 is 4.79 Å². The molecule has 116 valence electrons. The summed E-state index contributed by atoms with van der Waals surface area (Å²) in [5.41, 5.74) is 1.40. The van der Waals surface area contributed by atoms with Gasteiger partial charge < -0.3 is 5.32 Å². The molecule has 23 heavy (non-hydrogen) atoms. The van der Waals surface area contributed by atoms with Crippen LogP contribution in [0.5, 0.6) is 0 Å². The van der Waals surface area contributed by atoms with Crippen LogP contribution in [0.3, 0.4) is 0 Å². The van der Waals surface area contributed by atoms with Crippen molar-refractivity contribution >= 4 is 50.8 Å². The molecule has 2 aromatic carbocycles. The molecule has 7 heteroatoms. The van der Waals surface area contributed by atoms with Gasteiger partial charge in [0, 0.05) is 20.0 Å². The fourth-order valence-corrected chi connectivity index (χ4v) is 3.51. The lowest BCUT2D eigenvalue weighted by molar-refractivity contribution is 0.103. The molecule has 0 spiro atoms. The van der Waals surface area contributed by atoms with E-state index < -0.39 is 0 Å². The molecule has 0 saturated carbocycles. The van der Waals surface area contributed by atoms with Crippen LogP contribution in [0.1, 0.15) is 15.4 Å². The van der Waals surface area contributed by atoms with Crippen molar-refractivity contribution in [3.8, 4) is 0 Å². The van der Waals surface area contributed by atoms with E-state index in [1.165, 1.54) is 0 Å². The Hall–Kier alpha value is -1.70. The van der Waals surface area contributed by atoms with Crippen molar-refractivity contribution in [2.75, 3.05) is 5.32 Å². The molecule has 1 aromatic heterocycles. The number of carbonyl (C=O) groups is 1. The highest BCUT2D eigenvalue weighted by Gasteiger charge is 2.13. The average Bonchev–Trinajstić information content (AvgIpc) is 2.98. The normalized spacial score (nSPS) is 10.5. The number of hydrogen-bond donors (Lipinski definition) is 1. The van der Waals surface area contributed by atoms with E-state index in [0.29, 0.717) is 10.6 Å². The molecule has 3 rings (SSSR count). The summed E-state index contributed by atoms with van der Waals surface area (Å²) in [5.74, 6) is -0.175. The SMILES string of the molecule is Cc1nnsc1C(=O)Nc1ccc(Sc2ccc(Br)cc2)cc1. The van der Waals surface area contributed by atoms with Gasteiger partial charge in [-0.3, -0.25) is 4.79 Å². The quantitative estimate of drug-likeness (QED) is 0.662. The predicted molar refractivity (Wildman–Crippen MR) is 97.3 cm³/mol. The molecule has 0 bridgehead atoms. The molecular formula is C16H12BrN3OS2. The minimum Gasteiger partial charge on any atom is -0.321 e. The maximum Gasteiger partial charge on any atom is 0.269 e. The Morgan fingerprint density at radius 3 is 2.26 bits per heavy atom. The summed E-state index contributed by atoms with van der Waals surface area (Å²) in [6.07, 6.45) is 0. The summed E-state index contributed by atoms with van der Waals surface area (Å²) in [6.45, 7) is 1.77. The number of anilines is 1. The highest BCUT2D eigenvalue weighted by molar-refractivity contribution is 9.10. The molecule has 0 aliphatic rings. The smallest absolute Gasteiger partial charge is 0.269 e. The zero-order valence-corrected chi connectivity index (χ0v) is 15.3. The van der Waals surface area contributed by atoms with E-state index in [1.807, 2.05) is 36.4 Å². The number of carbonyl (C=O) groups excluding carboxylic acids is 1. The molecule has 1 N–H and O–H groups in total. The van der Waals surface area contributed by atoms with Crippen LogP contribution in [0.2, 0.25) is 0 Å². The molecule has 0 unspecified atom stereocenters. The van der Waals surface area contributed by atoms with E-state index >= 15 is 0 Å². The molecule has 0 radical (unpaired) electrons. The Kier molecular flexibility index (Phi) is 5.09. The summed E-state index contributed by atoms with van der Waals surface area (Å²) >= 11 is 6.20. The van der Waals surface area contributed by atoms with Crippen molar-refractivity contribution in [2.24, 2.45) is 0 Å². The van der Waals surface area contributed by atoms with Gasteiger partial charge in [0.1, 0.15) is 4.88 Å². The van der Waals surface area contributed by atoms with Crippen LogP contribution in [0.4, 0.5) is 5.69 Å². The van der Waals surface area contributed by atoms with Gasteiger partial charge in [0.2, 0.25) is 0 Å². The zero-order chi connectivity index (χ0) is 16.2. The van der Waals surface area contributed by atoms with Crippen LogP contribution >= 0.6 is 39.2 Å². The van der Waals surface area contributed by atoms with Gasteiger partial charge in [0.15, 0.2) is 0 Å². The summed E-state index contributed by atoms with van der Waals surface area (Å²) in [6, 6.07) is 15.9. The first-order valence-electron chi connectivity index (χ1n) is 6.75. The van der Waals surface area contributed by atoms with Crippen molar-refractivity contribution in [1.82, 2.24) is 9.59 Å². The summed E-state index contributed by atoms with van der Waals surface area (Å²) in [5, 5.41) is 6.71. The number of aromatic nitrogens is 2. The predicted octanol–water partition coefficient (Wildman–Crippen LogP) is 5.01. The topological polar surface area (TPSA) is 54.9 Å². The van der Waals surface area contributed by atoms with Crippen molar-refractivity contribution in [3.05, 3.63) is 63.6 Å². The number of benzene rings is 2. The first-order chi connectivity index (χ1) is 11.1. The van der Waals surface area contributed by atoms with E-state index in [4.69, 9.17) is 0 Å². The molecule has 0 atom stereocenters. The second-order valence-corrected chi connectivity index (χ2v) is 7.54. The fourth-order valence-electron chi connectivity index (χ4n) is 1.87. The molecule has 4 nitrogen and oxygen atoms in total. The maximum atomic E-state index is 12.1. The van der Waals surface area contributed by atoms with Crippen LogP contribution < -0.4 is 5.32 Å². The van der Waals surface area contributed by atoms with Gasteiger partial charge in [-0.1, -0.05) is 32.2 Å². The molecule has 0 fully saturated rings. The standard InChI is InChI=1S/C16H12BrN3OS2/c1-10-15(23-20-19-10)16(21)18-12-4-8-14(9-5-12)22-13-6-2-11(17)3-7-13/h2-9H,1H3,(H,18,21). The molecule has 3 aromatic rings. The molecule has 0 aliphatic carbocycles. The minimum absolute atomic E-state index is 0.175. The Bertz CT molecular complexity index is 816. The summed E-state index contributed by atoms with van der Waals surface area (Å²) in [4.78, 5) is 14.9. The van der Waals surface area contributed by atoms with E-state index in [1.54, 1.807) is 18.7 Å². The third-order valence-corrected chi connectivity index (χ3v) is 5.39.